The first-order valence-electron chi connectivity index (χ1n) is 7.68. The van der Waals surface area contributed by atoms with Crippen molar-refractivity contribution in [2.24, 2.45) is 0 Å². The third kappa shape index (κ3) is 3.24. The number of hydrogen-bond donors (Lipinski definition) is 2. The SMILES string of the molecule is O=C1C=C(Nc2ccc(N3CCOCC3)c(F)c2)C(=O)N1CCO. The molecule has 2 N–H and O–H groups in total. The fourth-order valence-corrected chi connectivity index (χ4v) is 2.71. The summed E-state index contributed by atoms with van der Waals surface area (Å²) in [6, 6.07) is 4.58. The molecule has 0 saturated carbocycles. The maximum absolute atomic E-state index is 14.3. The van der Waals surface area contributed by atoms with Gasteiger partial charge in [-0.05, 0) is 18.2 Å². The van der Waals surface area contributed by atoms with Crippen molar-refractivity contribution in [3.8, 4) is 0 Å². The highest BCUT2D eigenvalue weighted by Crippen LogP contribution is 2.25. The molecule has 1 aromatic rings. The molecule has 0 unspecified atom stereocenters. The highest BCUT2D eigenvalue weighted by atomic mass is 19.1. The van der Waals surface area contributed by atoms with E-state index in [2.05, 4.69) is 5.32 Å². The van der Waals surface area contributed by atoms with Crippen LogP contribution in [-0.4, -0.2) is 61.3 Å². The number of morpholine rings is 1. The van der Waals surface area contributed by atoms with Crippen LogP contribution in [0.2, 0.25) is 0 Å². The zero-order valence-electron chi connectivity index (χ0n) is 13.0. The molecule has 24 heavy (non-hydrogen) atoms. The molecule has 0 aromatic heterocycles. The van der Waals surface area contributed by atoms with Crippen LogP contribution in [0.3, 0.4) is 0 Å². The zero-order chi connectivity index (χ0) is 17.1. The maximum Gasteiger partial charge on any atom is 0.277 e. The Morgan fingerprint density at radius 1 is 1.25 bits per heavy atom. The lowest BCUT2D eigenvalue weighted by Gasteiger charge is -2.29. The number of amides is 2. The lowest BCUT2D eigenvalue weighted by Crippen LogP contribution is -2.36. The quantitative estimate of drug-likeness (QED) is 0.754. The molecule has 0 bridgehead atoms. The van der Waals surface area contributed by atoms with Gasteiger partial charge in [-0.3, -0.25) is 14.5 Å². The third-order valence-corrected chi connectivity index (χ3v) is 3.91. The molecule has 1 aromatic carbocycles. The van der Waals surface area contributed by atoms with Gasteiger partial charge in [0, 0.05) is 24.9 Å². The van der Waals surface area contributed by atoms with E-state index in [0.29, 0.717) is 37.7 Å². The molecule has 0 radical (unpaired) electrons. The Morgan fingerprint density at radius 3 is 2.67 bits per heavy atom. The molecule has 2 aliphatic heterocycles. The molecule has 8 heteroatoms. The first-order valence-corrected chi connectivity index (χ1v) is 7.68. The number of carbonyl (C=O) groups excluding carboxylic acids is 2. The number of carbonyl (C=O) groups is 2. The van der Waals surface area contributed by atoms with E-state index < -0.39 is 17.6 Å². The van der Waals surface area contributed by atoms with Crippen LogP contribution in [0, 0.1) is 5.82 Å². The van der Waals surface area contributed by atoms with Crippen molar-refractivity contribution in [3.05, 3.63) is 35.8 Å². The second kappa shape index (κ2) is 6.98. The van der Waals surface area contributed by atoms with Crippen molar-refractivity contribution in [2.45, 2.75) is 0 Å². The van der Waals surface area contributed by atoms with Gasteiger partial charge in [-0.15, -0.1) is 0 Å². The summed E-state index contributed by atoms with van der Waals surface area (Å²) in [5.41, 5.74) is 0.920. The van der Waals surface area contributed by atoms with E-state index in [1.165, 1.54) is 6.07 Å². The van der Waals surface area contributed by atoms with Crippen LogP contribution >= 0.6 is 0 Å². The number of nitrogens with one attached hydrogen (secondary N) is 1. The average Bonchev–Trinajstić information content (AvgIpc) is 2.84. The van der Waals surface area contributed by atoms with Gasteiger partial charge >= 0.3 is 0 Å². The van der Waals surface area contributed by atoms with Crippen LogP contribution in [0.25, 0.3) is 0 Å². The standard InChI is InChI=1S/C16H18FN3O4/c17-12-9-11(1-2-14(12)19-4-7-24-8-5-19)18-13-10-15(22)20(3-6-21)16(13)23/h1-2,9-10,18,21H,3-8H2. The first-order chi connectivity index (χ1) is 11.6. The second-order valence-corrected chi connectivity index (χ2v) is 5.47. The number of β-amino-alcohol motifs (C(OH)–C–C–N with tert-alkyl or cyclic N) is 1. The van der Waals surface area contributed by atoms with Crippen LogP contribution in [0.5, 0.6) is 0 Å². The van der Waals surface area contributed by atoms with Gasteiger partial charge in [0.1, 0.15) is 11.5 Å². The lowest BCUT2D eigenvalue weighted by atomic mass is 10.2. The minimum absolute atomic E-state index is 0.0620. The predicted molar refractivity (Wildman–Crippen MR) is 84.9 cm³/mol. The van der Waals surface area contributed by atoms with Crippen molar-refractivity contribution in [1.29, 1.82) is 0 Å². The van der Waals surface area contributed by atoms with E-state index in [0.717, 1.165) is 11.0 Å². The lowest BCUT2D eigenvalue weighted by molar-refractivity contribution is -0.137. The number of rotatable bonds is 5. The van der Waals surface area contributed by atoms with E-state index in [4.69, 9.17) is 9.84 Å². The Bertz CT molecular complexity index is 686. The number of imide groups is 1. The molecule has 2 aliphatic rings. The number of aliphatic hydroxyl groups excluding tert-OH is 1. The molecule has 128 valence electrons. The molecule has 3 rings (SSSR count). The predicted octanol–water partition coefficient (Wildman–Crippen LogP) is 0.319. The molecule has 2 amide bonds. The Balaban J connectivity index is 1.72. The van der Waals surface area contributed by atoms with Crippen LogP contribution in [-0.2, 0) is 14.3 Å². The van der Waals surface area contributed by atoms with Crippen LogP contribution in [0.4, 0.5) is 15.8 Å². The van der Waals surface area contributed by atoms with Gasteiger partial charge in [0.2, 0.25) is 0 Å². The van der Waals surface area contributed by atoms with Crippen molar-refractivity contribution >= 4 is 23.2 Å². The fraction of sp³-hybridized carbons (Fsp3) is 0.375. The fourth-order valence-electron chi connectivity index (χ4n) is 2.71. The van der Waals surface area contributed by atoms with Crippen LogP contribution in [0.15, 0.2) is 30.0 Å². The topological polar surface area (TPSA) is 82.1 Å². The van der Waals surface area contributed by atoms with Crippen LogP contribution < -0.4 is 10.2 Å². The molecule has 2 heterocycles. The molecule has 0 aliphatic carbocycles. The van der Waals surface area contributed by atoms with E-state index >= 15 is 0 Å². The Hall–Kier alpha value is -2.45. The summed E-state index contributed by atoms with van der Waals surface area (Å²) in [4.78, 5) is 26.6. The number of halogens is 1. The molecule has 0 spiro atoms. The summed E-state index contributed by atoms with van der Waals surface area (Å²) < 4.78 is 19.6. The molecular formula is C16H18FN3O4. The van der Waals surface area contributed by atoms with Crippen molar-refractivity contribution in [2.75, 3.05) is 49.7 Å². The van der Waals surface area contributed by atoms with Crippen molar-refractivity contribution in [3.63, 3.8) is 0 Å². The normalized spacial score (nSPS) is 18.2. The van der Waals surface area contributed by atoms with Gasteiger partial charge in [-0.1, -0.05) is 0 Å². The van der Waals surface area contributed by atoms with E-state index in [1.807, 2.05) is 4.90 Å². The number of hydrogen-bond acceptors (Lipinski definition) is 6. The van der Waals surface area contributed by atoms with Gasteiger partial charge < -0.3 is 20.1 Å². The first kappa shape index (κ1) is 16.4. The molecular weight excluding hydrogens is 317 g/mol. The van der Waals surface area contributed by atoms with Crippen LogP contribution in [0.1, 0.15) is 0 Å². The Labute approximate surface area is 138 Å². The summed E-state index contributed by atoms with van der Waals surface area (Å²) >= 11 is 0. The number of aliphatic hydroxyl groups is 1. The van der Waals surface area contributed by atoms with E-state index in [-0.39, 0.29) is 18.8 Å². The summed E-state index contributed by atoms with van der Waals surface area (Å²) in [7, 11) is 0. The van der Waals surface area contributed by atoms with Gasteiger partial charge in [0.25, 0.3) is 11.8 Å². The summed E-state index contributed by atoms with van der Waals surface area (Å²) in [5, 5.41) is 11.6. The smallest absolute Gasteiger partial charge is 0.277 e. The molecule has 7 nitrogen and oxygen atoms in total. The van der Waals surface area contributed by atoms with Crippen molar-refractivity contribution in [1.82, 2.24) is 4.90 Å². The third-order valence-electron chi connectivity index (χ3n) is 3.91. The molecule has 0 atom stereocenters. The maximum atomic E-state index is 14.3. The highest BCUT2D eigenvalue weighted by molar-refractivity contribution is 6.17. The number of benzene rings is 1. The average molecular weight is 335 g/mol. The van der Waals surface area contributed by atoms with E-state index in [1.54, 1.807) is 12.1 Å². The van der Waals surface area contributed by atoms with Gasteiger partial charge in [-0.2, -0.15) is 0 Å². The summed E-state index contributed by atoms with van der Waals surface area (Å²) in [6.45, 7) is 1.99. The second-order valence-electron chi connectivity index (χ2n) is 5.47. The minimum Gasteiger partial charge on any atom is -0.395 e. The number of anilines is 2. The Kier molecular flexibility index (Phi) is 4.77. The summed E-state index contributed by atoms with van der Waals surface area (Å²) in [5.74, 6) is -1.44. The number of nitrogens with zero attached hydrogens (tertiary/aromatic N) is 2. The van der Waals surface area contributed by atoms with Gasteiger partial charge in [-0.25, -0.2) is 4.39 Å². The highest BCUT2D eigenvalue weighted by Gasteiger charge is 2.30. The molecule has 1 saturated heterocycles. The molecule has 1 fully saturated rings. The van der Waals surface area contributed by atoms with E-state index in [9.17, 15) is 14.0 Å². The monoisotopic (exact) mass is 335 g/mol. The summed E-state index contributed by atoms with van der Waals surface area (Å²) in [6.07, 6.45) is 1.14. The zero-order valence-corrected chi connectivity index (χ0v) is 13.0. The Morgan fingerprint density at radius 2 is 2.00 bits per heavy atom. The largest absolute Gasteiger partial charge is 0.395 e. The van der Waals surface area contributed by atoms with Gasteiger partial charge in [0.15, 0.2) is 0 Å². The van der Waals surface area contributed by atoms with Crippen molar-refractivity contribution < 1.29 is 23.8 Å². The minimum atomic E-state index is -0.535. The number of ether oxygens (including phenoxy) is 1. The van der Waals surface area contributed by atoms with Gasteiger partial charge in [0.05, 0.1) is 32.1 Å².